The molecule has 1 aromatic rings. The number of carboxylic acid groups (broad SMARTS) is 1. The van der Waals surface area contributed by atoms with E-state index >= 15 is 0 Å². The summed E-state index contributed by atoms with van der Waals surface area (Å²) in [5.74, 6) is -1.89. The zero-order valence-electron chi connectivity index (χ0n) is 12.0. The first-order valence-electron chi connectivity index (χ1n) is 6.88. The molecule has 0 spiro atoms. The predicted molar refractivity (Wildman–Crippen MR) is 75.3 cm³/mol. The first-order chi connectivity index (χ1) is 9.47. The van der Waals surface area contributed by atoms with Gasteiger partial charge in [-0.05, 0) is 57.7 Å². The van der Waals surface area contributed by atoms with Gasteiger partial charge in [-0.25, -0.2) is 9.18 Å². The maximum atomic E-state index is 13.4. The lowest BCUT2D eigenvalue weighted by molar-refractivity contribution is 0.0691. The molecule has 0 atom stereocenters. The molecule has 0 unspecified atom stereocenters. The summed E-state index contributed by atoms with van der Waals surface area (Å²) in [4.78, 5) is 15.5. The van der Waals surface area contributed by atoms with Crippen molar-refractivity contribution in [3.05, 3.63) is 35.1 Å². The molecule has 4 nitrogen and oxygen atoms in total. The number of piperidine rings is 1. The second-order valence-corrected chi connectivity index (χ2v) is 5.57. The van der Waals surface area contributed by atoms with Crippen molar-refractivity contribution in [3.8, 4) is 0 Å². The summed E-state index contributed by atoms with van der Waals surface area (Å²) >= 11 is 0. The van der Waals surface area contributed by atoms with Crippen LogP contribution in [0.1, 0.15) is 28.8 Å². The number of hydrogen-bond acceptors (Lipinski definition) is 3. The zero-order chi connectivity index (χ0) is 14.7. The van der Waals surface area contributed by atoms with Gasteiger partial charge in [0.2, 0.25) is 0 Å². The maximum Gasteiger partial charge on any atom is 0.338 e. The summed E-state index contributed by atoms with van der Waals surface area (Å²) < 4.78 is 13.4. The number of benzene rings is 1. The first kappa shape index (κ1) is 14.9. The molecule has 1 heterocycles. The van der Waals surface area contributed by atoms with Gasteiger partial charge in [0.05, 0.1) is 5.56 Å². The molecule has 110 valence electrons. The molecule has 0 saturated carbocycles. The minimum Gasteiger partial charge on any atom is -0.478 e. The number of halogens is 1. The fourth-order valence-corrected chi connectivity index (χ4v) is 2.69. The van der Waals surface area contributed by atoms with Crippen molar-refractivity contribution in [2.24, 2.45) is 0 Å². The number of likely N-dealkylation sites (tertiary alicyclic amines) is 1. The molecule has 5 heteroatoms. The Balaban J connectivity index is 2.02. The van der Waals surface area contributed by atoms with Crippen LogP contribution >= 0.6 is 0 Å². The lowest BCUT2D eigenvalue weighted by Crippen LogP contribution is -2.41. The van der Waals surface area contributed by atoms with Crippen molar-refractivity contribution in [1.82, 2.24) is 9.80 Å². The number of carbonyl (C=O) groups is 1. The number of hydrogen-bond donors (Lipinski definition) is 1. The minimum atomic E-state index is -1.22. The van der Waals surface area contributed by atoms with Gasteiger partial charge in [0.1, 0.15) is 5.82 Å². The SMILES string of the molecule is CN1CCC(N(C)Cc2ccc(F)c(C(=O)O)c2)CC1. The molecule has 20 heavy (non-hydrogen) atoms. The first-order valence-corrected chi connectivity index (χ1v) is 6.88. The van der Waals surface area contributed by atoms with Crippen molar-refractivity contribution in [2.45, 2.75) is 25.4 Å². The highest BCUT2D eigenvalue weighted by Crippen LogP contribution is 2.18. The van der Waals surface area contributed by atoms with E-state index in [4.69, 9.17) is 5.11 Å². The third kappa shape index (κ3) is 3.55. The lowest BCUT2D eigenvalue weighted by Gasteiger charge is -2.35. The van der Waals surface area contributed by atoms with E-state index in [2.05, 4.69) is 16.8 Å². The quantitative estimate of drug-likeness (QED) is 0.916. The van der Waals surface area contributed by atoms with Crippen LogP contribution in [-0.4, -0.2) is 54.1 Å². The summed E-state index contributed by atoms with van der Waals surface area (Å²) in [5.41, 5.74) is 0.588. The topological polar surface area (TPSA) is 43.8 Å². The van der Waals surface area contributed by atoms with E-state index in [0.717, 1.165) is 31.5 Å². The lowest BCUT2D eigenvalue weighted by atomic mass is 10.0. The fourth-order valence-electron chi connectivity index (χ4n) is 2.69. The van der Waals surface area contributed by atoms with Gasteiger partial charge in [-0.2, -0.15) is 0 Å². The second kappa shape index (κ2) is 6.33. The molecule has 1 saturated heterocycles. The van der Waals surface area contributed by atoms with E-state index in [1.54, 1.807) is 6.07 Å². The molecule has 1 fully saturated rings. The minimum absolute atomic E-state index is 0.251. The molecule has 1 aliphatic heterocycles. The van der Waals surface area contributed by atoms with Crippen molar-refractivity contribution >= 4 is 5.97 Å². The smallest absolute Gasteiger partial charge is 0.338 e. The average Bonchev–Trinajstić information content (AvgIpc) is 2.41. The average molecular weight is 280 g/mol. The van der Waals surface area contributed by atoms with Gasteiger partial charge in [0, 0.05) is 12.6 Å². The number of nitrogens with zero attached hydrogens (tertiary/aromatic N) is 2. The van der Waals surface area contributed by atoms with Crippen LogP contribution in [0.25, 0.3) is 0 Å². The Morgan fingerprint density at radius 3 is 2.70 bits per heavy atom. The Morgan fingerprint density at radius 2 is 2.10 bits per heavy atom. The summed E-state index contributed by atoms with van der Waals surface area (Å²) in [5, 5.41) is 8.94. The monoisotopic (exact) mass is 280 g/mol. The van der Waals surface area contributed by atoms with Crippen molar-refractivity contribution in [2.75, 3.05) is 27.2 Å². The standard InChI is InChI=1S/C15H21FN2O2/c1-17-7-5-12(6-8-17)18(2)10-11-3-4-14(16)13(9-11)15(19)20/h3-4,9,12H,5-8,10H2,1-2H3,(H,19,20). The van der Waals surface area contributed by atoms with Gasteiger partial charge < -0.3 is 10.0 Å². The molecule has 1 aromatic carbocycles. The second-order valence-electron chi connectivity index (χ2n) is 5.57. The van der Waals surface area contributed by atoms with Gasteiger partial charge >= 0.3 is 5.97 Å². The summed E-state index contributed by atoms with van der Waals surface area (Å²) in [6, 6.07) is 4.84. The molecule has 0 radical (unpaired) electrons. The Hall–Kier alpha value is -1.46. The van der Waals surface area contributed by atoms with E-state index in [1.807, 2.05) is 7.05 Å². The molecule has 0 amide bonds. The normalized spacial score (nSPS) is 17.6. The number of rotatable bonds is 4. The van der Waals surface area contributed by atoms with Crippen LogP contribution in [0.5, 0.6) is 0 Å². The Kier molecular flexibility index (Phi) is 4.73. The highest BCUT2D eigenvalue weighted by atomic mass is 19.1. The molecule has 1 aliphatic rings. The van der Waals surface area contributed by atoms with E-state index < -0.39 is 11.8 Å². The third-order valence-corrected chi connectivity index (χ3v) is 4.00. The Labute approximate surface area is 118 Å². The highest BCUT2D eigenvalue weighted by Gasteiger charge is 2.21. The summed E-state index contributed by atoms with van der Waals surface area (Å²) in [6.45, 7) is 2.81. The molecule has 2 rings (SSSR count). The van der Waals surface area contributed by atoms with Crippen LogP contribution in [0.2, 0.25) is 0 Å². The molecule has 0 bridgehead atoms. The van der Waals surface area contributed by atoms with Crippen LogP contribution in [0.4, 0.5) is 4.39 Å². The van der Waals surface area contributed by atoms with Crippen LogP contribution in [0, 0.1) is 5.82 Å². The van der Waals surface area contributed by atoms with Gasteiger partial charge in [0.25, 0.3) is 0 Å². The van der Waals surface area contributed by atoms with E-state index in [1.165, 1.54) is 12.1 Å². The summed E-state index contributed by atoms with van der Waals surface area (Å²) in [7, 11) is 4.16. The van der Waals surface area contributed by atoms with E-state index in [0.29, 0.717) is 12.6 Å². The van der Waals surface area contributed by atoms with Crippen molar-refractivity contribution in [1.29, 1.82) is 0 Å². The van der Waals surface area contributed by atoms with Crippen LogP contribution in [-0.2, 0) is 6.54 Å². The largest absolute Gasteiger partial charge is 0.478 e. The Bertz CT molecular complexity index is 485. The van der Waals surface area contributed by atoms with Gasteiger partial charge in [-0.3, -0.25) is 4.90 Å². The Morgan fingerprint density at radius 1 is 1.45 bits per heavy atom. The molecule has 1 N–H and O–H groups in total. The fraction of sp³-hybridized carbons (Fsp3) is 0.533. The third-order valence-electron chi connectivity index (χ3n) is 4.00. The maximum absolute atomic E-state index is 13.4. The zero-order valence-corrected chi connectivity index (χ0v) is 12.0. The van der Waals surface area contributed by atoms with Crippen LogP contribution < -0.4 is 0 Å². The number of aromatic carboxylic acids is 1. The van der Waals surface area contributed by atoms with Gasteiger partial charge in [-0.15, -0.1) is 0 Å². The van der Waals surface area contributed by atoms with Crippen molar-refractivity contribution in [3.63, 3.8) is 0 Å². The highest BCUT2D eigenvalue weighted by molar-refractivity contribution is 5.88. The molecular weight excluding hydrogens is 259 g/mol. The van der Waals surface area contributed by atoms with Crippen molar-refractivity contribution < 1.29 is 14.3 Å². The van der Waals surface area contributed by atoms with Gasteiger partial charge in [0.15, 0.2) is 0 Å². The van der Waals surface area contributed by atoms with Gasteiger partial charge in [-0.1, -0.05) is 6.07 Å². The molecule has 0 aliphatic carbocycles. The molecule has 0 aromatic heterocycles. The van der Waals surface area contributed by atoms with Crippen LogP contribution in [0.3, 0.4) is 0 Å². The van der Waals surface area contributed by atoms with E-state index in [9.17, 15) is 9.18 Å². The van der Waals surface area contributed by atoms with E-state index in [-0.39, 0.29) is 5.56 Å². The number of carboxylic acids is 1. The van der Waals surface area contributed by atoms with Crippen LogP contribution in [0.15, 0.2) is 18.2 Å². The molecular formula is C15H21FN2O2. The predicted octanol–water partition coefficient (Wildman–Crippen LogP) is 2.05. The summed E-state index contributed by atoms with van der Waals surface area (Å²) in [6.07, 6.45) is 2.22.